The third-order valence-electron chi connectivity index (χ3n) is 8.72. The second-order valence-corrected chi connectivity index (χ2v) is 13.1. The molecule has 3 aromatic rings. The van der Waals surface area contributed by atoms with Crippen molar-refractivity contribution in [3.8, 4) is 0 Å². The number of nitrogens with two attached hydrogens (primary N) is 1. The van der Waals surface area contributed by atoms with Gasteiger partial charge in [-0.1, -0.05) is 69.5 Å². The molecule has 6 N–H and O–H groups in total. The van der Waals surface area contributed by atoms with E-state index in [1.165, 1.54) is 12.1 Å². The van der Waals surface area contributed by atoms with Gasteiger partial charge in [0.2, 0.25) is 23.6 Å². The van der Waals surface area contributed by atoms with E-state index in [9.17, 15) is 23.6 Å². The van der Waals surface area contributed by atoms with E-state index in [0.717, 1.165) is 22.2 Å². The zero-order valence-corrected chi connectivity index (χ0v) is 27.4. The first-order valence-corrected chi connectivity index (χ1v) is 15.9. The number of fused-ring (bicyclic) bond motifs is 3. The van der Waals surface area contributed by atoms with Gasteiger partial charge in [0.1, 0.15) is 23.4 Å². The molecule has 4 rings (SSSR count). The van der Waals surface area contributed by atoms with Crippen LogP contribution < -0.4 is 21.7 Å². The fourth-order valence-electron chi connectivity index (χ4n) is 5.84. The number of benzene rings is 2. The minimum atomic E-state index is -1.47. The molecule has 1 aliphatic carbocycles. The first-order chi connectivity index (χ1) is 21.2. The average Bonchev–Trinajstić information content (AvgIpc) is 3.35. The van der Waals surface area contributed by atoms with Gasteiger partial charge in [-0.25, -0.2) is 4.39 Å². The van der Waals surface area contributed by atoms with E-state index in [4.69, 9.17) is 28.9 Å². The first-order valence-electron chi connectivity index (χ1n) is 15.2. The summed E-state index contributed by atoms with van der Waals surface area (Å²) in [6, 6.07) is 7.39. The van der Waals surface area contributed by atoms with Crippen molar-refractivity contribution in [1.82, 2.24) is 20.9 Å². The Morgan fingerprint density at radius 2 is 1.73 bits per heavy atom. The van der Waals surface area contributed by atoms with Gasteiger partial charge in [0, 0.05) is 28.9 Å². The molecule has 12 heteroatoms. The number of aryl methyl sites for hydroxylation is 2. The fraction of sp³-hybridized carbons (Fsp3) is 0.455. The van der Waals surface area contributed by atoms with Crippen molar-refractivity contribution in [2.45, 2.75) is 83.8 Å². The highest BCUT2D eigenvalue weighted by molar-refractivity contribution is 6.38. The van der Waals surface area contributed by atoms with Crippen LogP contribution in [0.5, 0.6) is 0 Å². The van der Waals surface area contributed by atoms with E-state index in [1.807, 2.05) is 13.8 Å². The van der Waals surface area contributed by atoms with E-state index in [2.05, 4.69) is 20.9 Å². The number of aromatic amines is 1. The molecule has 0 saturated carbocycles. The van der Waals surface area contributed by atoms with E-state index in [-0.39, 0.29) is 42.8 Å². The summed E-state index contributed by atoms with van der Waals surface area (Å²) in [5.41, 5.74) is 7.27. The Kier molecular flexibility index (Phi) is 10.8. The monoisotopic (exact) mass is 659 g/mol. The molecule has 9 nitrogen and oxygen atoms in total. The molecule has 1 aliphatic rings. The fourth-order valence-corrected chi connectivity index (χ4v) is 6.39. The molecule has 0 bridgehead atoms. The summed E-state index contributed by atoms with van der Waals surface area (Å²) in [7, 11) is 0. The maximum atomic E-state index is 14.1. The minimum absolute atomic E-state index is 0.0892. The summed E-state index contributed by atoms with van der Waals surface area (Å²) < 4.78 is 13.3. The van der Waals surface area contributed by atoms with Crippen LogP contribution >= 0.6 is 23.2 Å². The topological polar surface area (TPSA) is 146 Å². The molecule has 4 atom stereocenters. The molecule has 0 spiro atoms. The number of H-pyrrole nitrogens is 1. The van der Waals surface area contributed by atoms with Crippen LogP contribution in [-0.4, -0.2) is 46.2 Å². The number of halogens is 3. The third-order valence-corrected chi connectivity index (χ3v) is 9.24. The number of rotatable bonds is 12. The zero-order valence-electron chi connectivity index (χ0n) is 25.9. The Morgan fingerprint density at radius 3 is 2.36 bits per heavy atom. The number of hydrogen-bond acceptors (Lipinski definition) is 4. The van der Waals surface area contributed by atoms with Crippen LogP contribution in [0.1, 0.15) is 63.8 Å². The Hall–Kier alpha value is -3.63. The smallest absolute Gasteiger partial charge is 0.246 e. The number of hydrogen-bond donors (Lipinski definition) is 5. The van der Waals surface area contributed by atoms with Crippen molar-refractivity contribution in [2.75, 3.05) is 0 Å². The van der Waals surface area contributed by atoms with Crippen molar-refractivity contribution in [3.63, 3.8) is 0 Å². The lowest BCUT2D eigenvalue weighted by atomic mass is 9.78. The molecule has 2 aromatic carbocycles. The van der Waals surface area contributed by atoms with Crippen LogP contribution in [0, 0.1) is 17.7 Å². The average molecular weight is 661 g/mol. The molecule has 0 aliphatic heterocycles. The van der Waals surface area contributed by atoms with Gasteiger partial charge in [-0.15, -0.1) is 0 Å². The van der Waals surface area contributed by atoms with Gasteiger partial charge >= 0.3 is 0 Å². The van der Waals surface area contributed by atoms with Crippen LogP contribution in [0.15, 0.2) is 36.4 Å². The van der Waals surface area contributed by atoms with Crippen LogP contribution in [-0.2, 0) is 38.4 Å². The predicted molar refractivity (Wildman–Crippen MR) is 173 cm³/mol. The summed E-state index contributed by atoms with van der Waals surface area (Å²) >= 11 is 12.8. The number of amides is 4. The Labute approximate surface area is 272 Å². The van der Waals surface area contributed by atoms with Gasteiger partial charge in [0.25, 0.3) is 0 Å². The third kappa shape index (κ3) is 7.79. The second kappa shape index (κ2) is 14.2. The van der Waals surface area contributed by atoms with Crippen molar-refractivity contribution >= 4 is 57.7 Å². The van der Waals surface area contributed by atoms with Crippen LogP contribution in [0.2, 0.25) is 10.0 Å². The van der Waals surface area contributed by atoms with Gasteiger partial charge in [-0.05, 0) is 66.5 Å². The molecule has 0 fully saturated rings. The number of carbonyl (C=O) groups is 4. The minimum Gasteiger partial charge on any atom is -0.368 e. The lowest BCUT2D eigenvalue weighted by molar-refractivity contribution is -0.138. The summed E-state index contributed by atoms with van der Waals surface area (Å²) in [4.78, 5) is 56.8. The molecule has 4 unspecified atom stereocenters. The van der Waals surface area contributed by atoms with E-state index in [0.29, 0.717) is 34.8 Å². The van der Waals surface area contributed by atoms with E-state index < -0.39 is 35.3 Å². The quantitative estimate of drug-likeness (QED) is 0.191. The van der Waals surface area contributed by atoms with Gasteiger partial charge in [-0.3, -0.25) is 19.2 Å². The zero-order chi connectivity index (χ0) is 33.1. The van der Waals surface area contributed by atoms with Crippen LogP contribution in [0.3, 0.4) is 0 Å². The Balaban J connectivity index is 1.64. The highest BCUT2D eigenvalue weighted by Gasteiger charge is 2.46. The maximum absolute atomic E-state index is 14.1. The Bertz CT molecular complexity index is 1590. The van der Waals surface area contributed by atoms with Crippen molar-refractivity contribution in [1.29, 1.82) is 0 Å². The highest BCUT2D eigenvalue weighted by atomic mass is 35.5. The second-order valence-electron chi connectivity index (χ2n) is 12.3. The number of primary amides is 1. The van der Waals surface area contributed by atoms with E-state index >= 15 is 0 Å². The molecular formula is C33H40Cl2FN5O4. The molecule has 1 aromatic heterocycles. The normalized spacial score (nSPS) is 18.1. The molecule has 1 heterocycles. The molecule has 0 saturated heterocycles. The summed E-state index contributed by atoms with van der Waals surface area (Å²) in [6.45, 7) is 7.29. The largest absolute Gasteiger partial charge is 0.368 e. The highest BCUT2D eigenvalue weighted by Crippen LogP contribution is 2.38. The molecule has 4 amide bonds. The number of nitrogens with one attached hydrogen (secondary N) is 4. The maximum Gasteiger partial charge on any atom is 0.246 e. The van der Waals surface area contributed by atoms with E-state index in [1.54, 1.807) is 38.1 Å². The van der Waals surface area contributed by atoms with Gasteiger partial charge in [-0.2, -0.15) is 0 Å². The first kappa shape index (κ1) is 34.2. The lowest BCUT2D eigenvalue weighted by Crippen LogP contribution is -2.67. The molecule has 242 valence electrons. The molecular weight excluding hydrogens is 620 g/mol. The standard InChI is InChI=1S/C33H40Cl2FN5O4/c1-5-18(4)28(39-26(42)11-8-19-6-9-21(36)10-7-19)31(44)41-33(32(45)40-27(17(2)3)30(37)43)13-12-25-23(16-33)22-14-20(34)15-24(35)29(22)38-25/h6-7,9-10,14-15,17-18,27-28,38H,5,8,11-13,16H2,1-4H3,(H2,37,43)(H,39,42)(H,40,45)(H,41,44). The molecule has 45 heavy (non-hydrogen) atoms. The van der Waals surface area contributed by atoms with Gasteiger partial charge < -0.3 is 26.7 Å². The summed E-state index contributed by atoms with van der Waals surface area (Å²) in [6.07, 6.45) is 1.73. The Morgan fingerprint density at radius 1 is 1.04 bits per heavy atom. The number of aromatic nitrogens is 1. The van der Waals surface area contributed by atoms with Crippen molar-refractivity contribution < 1.29 is 23.6 Å². The van der Waals surface area contributed by atoms with Crippen LogP contribution in [0.4, 0.5) is 4.39 Å². The van der Waals surface area contributed by atoms with Crippen LogP contribution in [0.25, 0.3) is 10.9 Å². The van der Waals surface area contributed by atoms with Crippen molar-refractivity contribution in [3.05, 3.63) is 69.1 Å². The lowest BCUT2D eigenvalue weighted by Gasteiger charge is -2.39. The van der Waals surface area contributed by atoms with Gasteiger partial charge in [0.15, 0.2) is 0 Å². The summed E-state index contributed by atoms with van der Waals surface area (Å²) in [5, 5.41) is 10.2. The number of carbonyl (C=O) groups excluding carboxylic acids is 4. The molecule has 0 radical (unpaired) electrons. The van der Waals surface area contributed by atoms with Gasteiger partial charge in [0.05, 0.1) is 10.5 Å². The van der Waals surface area contributed by atoms with Crippen molar-refractivity contribution in [2.24, 2.45) is 17.6 Å². The SMILES string of the molecule is CCC(C)C(NC(=O)CCc1ccc(F)cc1)C(=O)NC1(C(=O)NC(C(N)=O)C(C)C)CCc2[nH]c3c(Cl)cc(Cl)cc3c2C1. The predicted octanol–water partition coefficient (Wildman–Crippen LogP) is 4.75. The summed E-state index contributed by atoms with van der Waals surface area (Å²) in [5.74, 6) is -3.03.